The van der Waals surface area contributed by atoms with Crippen molar-refractivity contribution in [1.82, 2.24) is 14.7 Å². The normalized spacial score (nSPS) is 10.3. The van der Waals surface area contributed by atoms with Gasteiger partial charge in [-0.3, -0.25) is 9.59 Å². The molecule has 6 nitrogen and oxygen atoms in total. The number of imidazole rings is 1. The van der Waals surface area contributed by atoms with Gasteiger partial charge in [0.2, 0.25) is 0 Å². The number of esters is 1. The molecule has 0 spiro atoms. The van der Waals surface area contributed by atoms with Crippen LogP contribution in [-0.2, 0) is 9.53 Å². The Hall–Kier alpha value is -1.89. The van der Waals surface area contributed by atoms with Crippen molar-refractivity contribution in [3.63, 3.8) is 0 Å². The van der Waals surface area contributed by atoms with Crippen LogP contribution in [0.1, 0.15) is 10.4 Å². The van der Waals surface area contributed by atoms with Gasteiger partial charge in [0.15, 0.2) is 0 Å². The number of carbonyl (C=O) groups is 2. The molecule has 0 saturated carbocycles. The van der Waals surface area contributed by atoms with Crippen LogP contribution < -0.4 is 5.32 Å². The summed E-state index contributed by atoms with van der Waals surface area (Å²) in [6.45, 7) is -0.172. The average molecular weight is 312 g/mol. The third-order valence-electron chi connectivity index (χ3n) is 2.32. The van der Waals surface area contributed by atoms with Gasteiger partial charge in [-0.05, 0) is 22.0 Å². The molecule has 2 rings (SSSR count). The zero-order valence-corrected chi connectivity index (χ0v) is 11.1. The molecule has 0 atom stereocenters. The summed E-state index contributed by atoms with van der Waals surface area (Å²) >= 11 is 3.31. The molecular weight excluding hydrogens is 302 g/mol. The van der Waals surface area contributed by atoms with Crippen molar-refractivity contribution >= 4 is 33.5 Å². The lowest BCUT2D eigenvalue weighted by Gasteiger charge is -2.06. The summed E-state index contributed by atoms with van der Waals surface area (Å²) in [6.07, 6.45) is 5.12. The Labute approximate surface area is 111 Å². The van der Waals surface area contributed by atoms with E-state index in [-0.39, 0.29) is 12.5 Å². The largest absolute Gasteiger partial charge is 0.468 e. The summed E-state index contributed by atoms with van der Waals surface area (Å²) in [6, 6.07) is 1.65. The molecule has 0 unspecified atom stereocenters. The van der Waals surface area contributed by atoms with Gasteiger partial charge in [0.05, 0.1) is 12.7 Å². The van der Waals surface area contributed by atoms with E-state index in [9.17, 15) is 9.59 Å². The minimum absolute atomic E-state index is 0.172. The minimum Gasteiger partial charge on any atom is -0.468 e. The molecule has 0 aliphatic carbocycles. The first-order valence-electron chi connectivity index (χ1n) is 5.09. The monoisotopic (exact) mass is 311 g/mol. The second kappa shape index (κ2) is 5.18. The highest BCUT2D eigenvalue weighted by Crippen LogP contribution is 2.16. The maximum absolute atomic E-state index is 11.9. The van der Waals surface area contributed by atoms with Crippen LogP contribution in [0.3, 0.4) is 0 Å². The number of amides is 1. The van der Waals surface area contributed by atoms with E-state index in [1.807, 2.05) is 0 Å². The zero-order chi connectivity index (χ0) is 13.1. The Kier molecular flexibility index (Phi) is 3.61. The first-order valence-corrected chi connectivity index (χ1v) is 5.88. The lowest BCUT2D eigenvalue weighted by atomic mass is 10.2. The summed E-state index contributed by atoms with van der Waals surface area (Å²) in [5, 5.41) is 2.47. The third-order valence-corrected chi connectivity index (χ3v) is 2.75. The summed E-state index contributed by atoms with van der Waals surface area (Å²) < 4.78 is 6.91. The molecule has 0 aliphatic heterocycles. The van der Waals surface area contributed by atoms with E-state index in [0.29, 0.717) is 11.2 Å². The van der Waals surface area contributed by atoms with Gasteiger partial charge < -0.3 is 14.5 Å². The molecule has 0 saturated heterocycles. The highest BCUT2D eigenvalue weighted by Gasteiger charge is 2.13. The van der Waals surface area contributed by atoms with Crippen LogP contribution in [0.4, 0.5) is 0 Å². The molecule has 1 N–H and O–H groups in total. The van der Waals surface area contributed by atoms with Crippen molar-refractivity contribution in [3.8, 4) is 0 Å². The summed E-state index contributed by atoms with van der Waals surface area (Å²) in [5.74, 6) is -0.879. The number of methoxy groups -OCH3 is 1. The number of aromatic nitrogens is 2. The number of nitrogens with one attached hydrogen (secondary N) is 1. The fourth-order valence-electron chi connectivity index (χ4n) is 1.49. The molecular formula is C11H10BrN3O3. The van der Waals surface area contributed by atoms with Crippen molar-refractivity contribution in [2.45, 2.75) is 0 Å². The maximum Gasteiger partial charge on any atom is 0.325 e. The Bertz CT molecular complexity index is 609. The van der Waals surface area contributed by atoms with E-state index in [1.165, 1.54) is 7.11 Å². The fourth-order valence-corrected chi connectivity index (χ4v) is 1.93. The number of rotatable bonds is 3. The molecule has 0 fully saturated rings. The lowest BCUT2D eigenvalue weighted by Crippen LogP contribution is -2.30. The lowest BCUT2D eigenvalue weighted by molar-refractivity contribution is -0.139. The second-order valence-electron chi connectivity index (χ2n) is 3.49. The van der Waals surface area contributed by atoms with Gasteiger partial charge in [0, 0.05) is 23.1 Å². The maximum atomic E-state index is 11.9. The van der Waals surface area contributed by atoms with Crippen LogP contribution in [0, 0.1) is 0 Å². The van der Waals surface area contributed by atoms with Gasteiger partial charge in [-0.2, -0.15) is 0 Å². The molecule has 7 heteroatoms. The summed E-state index contributed by atoms with van der Waals surface area (Å²) in [4.78, 5) is 27.0. The van der Waals surface area contributed by atoms with Crippen LogP contribution >= 0.6 is 15.9 Å². The van der Waals surface area contributed by atoms with Crippen molar-refractivity contribution in [2.75, 3.05) is 13.7 Å². The minimum atomic E-state index is -0.502. The van der Waals surface area contributed by atoms with Crippen molar-refractivity contribution in [2.24, 2.45) is 0 Å². The van der Waals surface area contributed by atoms with Gasteiger partial charge in [-0.15, -0.1) is 0 Å². The van der Waals surface area contributed by atoms with Crippen molar-refractivity contribution in [1.29, 1.82) is 0 Å². The zero-order valence-electron chi connectivity index (χ0n) is 9.51. The Morgan fingerprint density at radius 3 is 3.06 bits per heavy atom. The molecule has 0 aromatic carbocycles. The predicted octanol–water partition coefficient (Wildman–Crippen LogP) is 1.000. The molecule has 94 valence electrons. The highest BCUT2D eigenvalue weighted by molar-refractivity contribution is 9.10. The third kappa shape index (κ3) is 2.51. The van der Waals surface area contributed by atoms with Crippen LogP contribution in [-0.4, -0.2) is 34.9 Å². The van der Waals surface area contributed by atoms with Gasteiger partial charge >= 0.3 is 5.97 Å². The number of fused-ring (bicyclic) bond motifs is 1. The summed E-state index contributed by atoms with van der Waals surface area (Å²) in [7, 11) is 1.26. The fraction of sp³-hybridized carbons (Fsp3) is 0.182. The predicted molar refractivity (Wildman–Crippen MR) is 67.2 cm³/mol. The Morgan fingerprint density at radius 1 is 1.56 bits per heavy atom. The van der Waals surface area contributed by atoms with E-state index in [1.54, 1.807) is 29.1 Å². The molecule has 0 radical (unpaired) electrons. The molecule has 0 bridgehead atoms. The standard InChI is InChI=1S/C11H10BrN3O3/c1-18-9(16)5-14-11(17)8-4-7(12)6-15-3-2-13-10(8)15/h2-4,6H,5H2,1H3,(H,14,17). The Balaban J connectivity index is 2.27. The van der Waals surface area contributed by atoms with Gasteiger partial charge in [0.1, 0.15) is 12.2 Å². The average Bonchev–Trinajstić information content (AvgIpc) is 2.82. The van der Waals surface area contributed by atoms with Crippen LogP contribution in [0.15, 0.2) is 29.1 Å². The molecule has 18 heavy (non-hydrogen) atoms. The number of hydrogen-bond acceptors (Lipinski definition) is 4. The summed E-state index contributed by atoms with van der Waals surface area (Å²) in [5.41, 5.74) is 0.916. The number of hydrogen-bond donors (Lipinski definition) is 1. The number of carbonyl (C=O) groups excluding carboxylic acids is 2. The van der Waals surface area contributed by atoms with Gasteiger partial charge in [-0.25, -0.2) is 4.98 Å². The quantitative estimate of drug-likeness (QED) is 0.858. The van der Waals surface area contributed by atoms with E-state index < -0.39 is 5.97 Å². The van der Waals surface area contributed by atoms with E-state index in [0.717, 1.165) is 4.47 Å². The van der Waals surface area contributed by atoms with Crippen molar-refractivity contribution < 1.29 is 14.3 Å². The van der Waals surface area contributed by atoms with Crippen molar-refractivity contribution in [3.05, 3.63) is 34.7 Å². The molecule has 2 heterocycles. The smallest absolute Gasteiger partial charge is 0.325 e. The topological polar surface area (TPSA) is 72.7 Å². The first-order chi connectivity index (χ1) is 8.61. The number of pyridine rings is 1. The molecule has 0 aliphatic rings. The molecule has 1 amide bonds. The van der Waals surface area contributed by atoms with Gasteiger partial charge in [0.25, 0.3) is 5.91 Å². The van der Waals surface area contributed by atoms with Crippen LogP contribution in [0.25, 0.3) is 5.65 Å². The van der Waals surface area contributed by atoms with Crippen LogP contribution in [0.2, 0.25) is 0 Å². The number of ether oxygens (including phenoxy) is 1. The second-order valence-corrected chi connectivity index (χ2v) is 4.40. The van der Waals surface area contributed by atoms with E-state index in [2.05, 4.69) is 31.0 Å². The molecule has 2 aromatic heterocycles. The van der Waals surface area contributed by atoms with Crippen LogP contribution in [0.5, 0.6) is 0 Å². The van der Waals surface area contributed by atoms with Gasteiger partial charge in [-0.1, -0.05) is 0 Å². The van der Waals surface area contributed by atoms with E-state index >= 15 is 0 Å². The Morgan fingerprint density at radius 2 is 2.33 bits per heavy atom. The first kappa shape index (κ1) is 12.6. The number of nitrogens with zero attached hydrogens (tertiary/aromatic N) is 2. The SMILES string of the molecule is COC(=O)CNC(=O)c1cc(Br)cn2ccnc12. The number of halogens is 1. The van der Waals surface area contributed by atoms with E-state index in [4.69, 9.17) is 0 Å². The molecule has 2 aromatic rings. The highest BCUT2D eigenvalue weighted by atomic mass is 79.9.